The van der Waals surface area contributed by atoms with Gasteiger partial charge in [0.2, 0.25) is 0 Å². The van der Waals surface area contributed by atoms with Gasteiger partial charge in [0, 0.05) is 41.4 Å². The van der Waals surface area contributed by atoms with Gasteiger partial charge < -0.3 is 0 Å². The van der Waals surface area contributed by atoms with Crippen molar-refractivity contribution in [1.29, 1.82) is 0 Å². The minimum Gasteiger partial charge on any atom is -0.296 e. The van der Waals surface area contributed by atoms with Crippen molar-refractivity contribution in [2.45, 2.75) is 58.9 Å². The summed E-state index contributed by atoms with van der Waals surface area (Å²) in [4.78, 5) is 14.9. The van der Waals surface area contributed by atoms with Crippen molar-refractivity contribution in [1.82, 2.24) is 14.9 Å². The summed E-state index contributed by atoms with van der Waals surface area (Å²) in [5.74, 6) is 4.15. The molecule has 1 aliphatic heterocycles. The van der Waals surface area contributed by atoms with Crippen LogP contribution >= 0.6 is 23.1 Å². The van der Waals surface area contributed by atoms with E-state index in [0.717, 1.165) is 18.3 Å². The van der Waals surface area contributed by atoms with Gasteiger partial charge in [-0.05, 0) is 50.0 Å². The van der Waals surface area contributed by atoms with Gasteiger partial charge in [0.15, 0.2) is 0 Å². The molecule has 3 heterocycles. The molecule has 0 N–H and O–H groups in total. The quantitative estimate of drug-likeness (QED) is 0.734. The lowest BCUT2D eigenvalue weighted by Gasteiger charge is -2.33. The average molecular weight is 376 g/mol. The molecule has 0 radical (unpaired) electrons. The highest BCUT2D eigenvalue weighted by Crippen LogP contribution is 2.45. The van der Waals surface area contributed by atoms with Crippen molar-refractivity contribution >= 4 is 33.3 Å². The molecule has 5 heteroatoms. The van der Waals surface area contributed by atoms with Crippen molar-refractivity contribution in [3.05, 3.63) is 22.5 Å². The van der Waals surface area contributed by atoms with Crippen LogP contribution in [0.2, 0.25) is 0 Å². The highest BCUT2D eigenvalue weighted by Gasteiger charge is 2.29. The number of aryl methyl sites for hydroxylation is 1. The number of fused-ring (bicyclic) bond motifs is 1. The van der Waals surface area contributed by atoms with Gasteiger partial charge in [-0.15, -0.1) is 11.3 Å². The summed E-state index contributed by atoms with van der Waals surface area (Å²) in [7, 11) is 0. The van der Waals surface area contributed by atoms with Gasteiger partial charge in [-0.1, -0.05) is 13.8 Å². The fraction of sp³-hybridized carbons (Fsp3) is 0.700. The molecule has 1 saturated heterocycles. The van der Waals surface area contributed by atoms with Crippen LogP contribution in [0, 0.1) is 12.3 Å². The van der Waals surface area contributed by atoms with E-state index in [1.54, 1.807) is 4.88 Å². The molecule has 0 bridgehead atoms. The van der Waals surface area contributed by atoms with E-state index in [2.05, 4.69) is 36.6 Å². The van der Waals surface area contributed by atoms with Gasteiger partial charge >= 0.3 is 0 Å². The molecule has 0 spiro atoms. The van der Waals surface area contributed by atoms with Gasteiger partial charge in [-0.2, -0.15) is 11.8 Å². The third kappa shape index (κ3) is 4.04. The van der Waals surface area contributed by atoms with E-state index in [1.165, 1.54) is 66.2 Å². The Labute approximate surface area is 159 Å². The molecule has 4 rings (SSSR count). The van der Waals surface area contributed by atoms with Crippen LogP contribution in [0.4, 0.5) is 0 Å². The Morgan fingerprint density at radius 1 is 1.16 bits per heavy atom. The van der Waals surface area contributed by atoms with Gasteiger partial charge in [-0.25, -0.2) is 9.97 Å². The zero-order valence-corrected chi connectivity index (χ0v) is 17.3. The first-order valence-corrected chi connectivity index (χ1v) is 11.5. The molecule has 2 aromatic rings. The van der Waals surface area contributed by atoms with E-state index in [4.69, 9.17) is 9.97 Å². The second-order valence-electron chi connectivity index (χ2n) is 8.41. The predicted molar refractivity (Wildman–Crippen MR) is 110 cm³/mol. The largest absolute Gasteiger partial charge is 0.296 e. The maximum absolute atomic E-state index is 4.82. The third-order valence-electron chi connectivity index (χ3n) is 5.82. The van der Waals surface area contributed by atoms with Crippen molar-refractivity contribution in [2.75, 3.05) is 24.6 Å². The van der Waals surface area contributed by atoms with Gasteiger partial charge in [0.1, 0.15) is 10.7 Å². The zero-order chi connectivity index (χ0) is 17.4. The Bertz CT molecular complexity index is 737. The summed E-state index contributed by atoms with van der Waals surface area (Å²) in [6.07, 6.45) is 5.33. The molecule has 0 atom stereocenters. The maximum atomic E-state index is 4.82. The molecule has 2 fully saturated rings. The molecular weight excluding hydrogens is 346 g/mol. The summed E-state index contributed by atoms with van der Waals surface area (Å²) < 4.78 is 0. The predicted octanol–water partition coefficient (Wildman–Crippen LogP) is 5.23. The van der Waals surface area contributed by atoms with Crippen LogP contribution in [0.3, 0.4) is 0 Å². The van der Waals surface area contributed by atoms with Gasteiger partial charge in [-0.3, -0.25) is 4.90 Å². The van der Waals surface area contributed by atoms with Crippen molar-refractivity contribution in [3.8, 4) is 0 Å². The van der Waals surface area contributed by atoms with Crippen molar-refractivity contribution in [2.24, 2.45) is 5.41 Å². The van der Waals surface area contributed by atoms with E-state index in [0.29, 0.717) is 5.41 Å². The van der Waals surface area contributed by atoms with E-state index in [-0.39, 0.29) is 0 Å². The highest BCUT2D eigenvalue weighted by atomic mass is 32.2. The smallest absolute Gasteiger partial charge is 0.127 e. The second kappa shape index (κ2) is 7.16. The van der Waals surface area contributed by atoms with Crippen LogP contribution in [0.5, 0.6) is 0 Å². The Balaban J connectivity index is 1.60. The Morgan fingerprint density at radius 3 is 2.60 bits per heavy atom. The number of aromatic nitrogens is 2. The first kappa shape index (κ1) is 17.7. The lowest BCUT2D eigenvalue weighted by Crippen LogP contribution is -2.32. The van der Waals surface area contributed by atoms with Gasteiger partial charge in [0.05, 0.1) is 5.69 Å². The Hall–Kier alpha value is -0.650. The van der Waals surface area contributed by atoms with Gasteiger partial charge in [0.25, 0.3) is 0 Å². The average Bonchev–Trinajstić information content (AvgIpc) is 2.99. The molecule has 0 aromatic carbocycles. The monoisotopic (exact) mass is 375 g/mol. The SMILES string of the molecule is Cc1nc(CN2CCSCC2)c2cc(C3CCC(C)(C)CC3)sc2n1. The number of rotatable bonds is 3. The summed E-state index contributed by atoms with van der Waals surface area (Å²) in [6, 6.07) is 2.43. The number of nitrogens with zero attached hydrogens (tertiary/aromatic N) is 3. The number of hydrogen-bond acceptors (Lipinski definition) is 5. The Morgan fingerprint density at radius 2 is 1.88 bits per heavy atom. The fourth-order valence-electron chi connectivity index (χ4n) is 4.09. The molecule has 25 heavy (non-hydrogen) atoms. The van der Waals surface area contributed by atoms with Crippen LogP contribution < -0.4 is 0 Å². The maximum Gasteiger partial charge on any atom is 0.127 e. The van der Waals surface area contributed by atoms with Crippen LogP contribution in [-0.4, -0.2) is 39.5 Å². The van der Waals surface area contributed by atoms with E-state index >= 15 is 0 Å². The standard InChI is InChI=1S/C20H29N3S2/c1-14-21-17(13-23-8-10-24-11-9-23)16-12-18(25-19(16)22-14)15-4-6-20(2,3)7-5-15/h12,15H,4-11,13H2,1-3H3. The summed E-state index contributed by atoms with van der Waals surface area (Å²) in [5.41, 5.74) is 1.77. The number of thioether (sulfide) groups is 1. The molecule has 3 nitrogen and oxygen atoms in total. The second-order valence-corrected chi connectivity index (χ2v) is 10.7. The highest BCUT2D eigenvalue weighted by molar-refractivity contribution is 7.99. The molecular formula is C20H29N3S2. The summed E-state index contributed by atoms with van der Waals surface area (Å²) in [5, 5.41) is 1.31. The number of thiophene rings is 1. The fourth-order valence-corrected chi connectivity index (χ4v) is 6.34. The molecule has 2 aromatic heterocycles. The van der Waals surface area contributed by atoms with Crippen LogP contribution in [0.15, 0.2) is 6.07 Å². The summed E-state index contributed by atoms with van der Waals surface area (Å²) in [6.45, 7) is 10.2. The molecule has 0 amide bonds. The lowest BCUT2D eigenvalue weighted by atomic mass is 9.73. The van der Waals surface area contributed by atoms with Crippen LogP contribution in [-0.2, 0) is 6.54 Å². The third-order valence-corrected chi connectivity index (χ3v) is 7.96. The normalized spacial score (nSPS) is 22.5. The first-order chi connectivity index (χ1) is 12.0. The molecule has 1 saturated carbocycles. The minimum absolute atomic E-state index is 0.529. The minimum atomic E-state index is 0.529. The molecule has 1 aliphatic carbocycles. The van der Waals surface area contributed by atoms with Crippen LogP contribution in [0.25, 0.3) is 10.2 Å². The Kier molecular flexibility index (Phi) is 5.09. The molecule has 2 aliphatic rings. The van der Waals surface area contributed by atoms with E-state index < -0.39 is 0 Å². The van der Waals surface area contributed by atoms with Crippen molar-refractivity contribution in [3.63, 3.8) is 0 Å². The van der Waals surface area contributed by atoms with Crippen molar-refractivity contribution < 1.29 is 0 Å². The lowest BCUT2D eigenvalue weighted by molar-refractivity contribution is 0.226. The first-order valence-electron chi connectivity index (χ1n) is 9.57. The molecule has 0 unspecified atom stereocenters. The topological polar surface area (TPSA) is 29.0 Å². The van der Waals surface area contributed by atoms with E-state index in [9.17, 15) is 0 Å². The molecule has 136 valence electrons. The summed E-state index contributed by atoms with van der Waals surface area (Å²) >= 11 is 3.99. The zero-order valence-electron chi connectivity index (χ0n) is 15.7. The van der Waals surface area contributed by atoms with E-state index in [1.807, 2.05) is 18.3 Å². The van der Waals surface area contributed by atoms with Crippen LogP contribution in [0.1, 0.15) is 61.8 Å². The number of hydrogen-bond donors (Lipinski definition) is 0.